The fourth-order valence-electron chi connectivity index (χ4n) is 2.98. The average Bonchev–Trinajstić information content (AvgIpc) is 2.65. The van der Waals surface area contributed by atoms with Crippen LogP contribution in [0.4, 0.5) is 11.4 Å². The summed E-state index contributed by atoms with van der Waals surface area (Å²) >= 11 is 1.53. The molecule has 1 aliphatic rings. The number of benzene rings is 2. The molecule has 0 aromatic heterocycles. The summed E-state index contributed by atoms with van der Waals surface area (Å²) in [7, 11) is -3.82. The summed E-state index contributed by atoms with van der Waals surface area (Å²) in [4.78, 5) is 15.5. The van der Waals surface area contributed by atoms with Gasteiger partial charge in [-0.25, -0.2) is 0 Å². The maximum atomic E-state index is 12.7. The number of anilines is 2. The number of para-hydroxylation sites is 1. The van der Waals surface area contributed by atoms with Gasteiger partial charge in [0.05, 0.1) is 11.4 Å². The Morgan fingerprint density at radius 1 is 1.22 bits per heavy atom. The summed E-state index contributed by atoms with van der Waals surface area (Å²) < 4.78 is 28.9. The zero-order chi connectivity index (χ0) is 19.6. The second-order valence-electron chi connectivity index (χ2n) is 6.10. The fraction of sp³-hybridized carbons (Fsp3) is 0.263. The van der Waals surface area contributed by atoms with Crippen LogP contribution in [-0.4, -0.2) is 33.0 Å². The lowest BCUT2D eigenvalue weighted by molar-refractivity contribution is 0.102. The SMILES string of the molecule is CCCN1C(C)=NS(=O)(=O)c2cc(C(=O)Nc3ccccc3SC)ccc21. The van der Waals surface area contributed by atoms with Crippen LogP contribution in [0.15, 0.2) is 56.7 Å². The van der Waals surface area contributed by atoms with Crippen molar-refractivity contribution in [2.75, 3.05) is 23.0 Å². The topological polar surface area (TPSA) is 78.8 Å². The molecule has 1 amide bonds. The van der Waals surface area contributed by atoms with E-state index in [2.05, 4.69) is 9.71 Å². The van der Waals surface area contributed by atoms with E-state index < -0.39 is 10.0 Å². The van der Waals surface area contributed by atoms with Crippen LogP contribution < -0.4 is 10.2 Å². The second-order valence-corrected chi connectivity index (χ2v) is 8.52. The highest BCUT2D eigenvalue weighted by Crippen LogP contribution is 2.33. The van der Waals surface area contributed by atoms with Gasteiger partial charge in [0.15, 0.2) is 0 Å². The minimum Gasteiger partial charge on any atom is -0.328 e. The minimum absolute atomic E-state index is 0.0624. The summed E-state index contributed by atoms with van der Waals surface area (Å²) in [6.45, 7) is 4.35. The van der Waals surface area contributed by atoms with Crippen molar-refractivity contribution in [1.82, 2.24) is 0 Å². The third-order valence-electron chi connectivity index (χ3n) is 4.24. The van der Waals surface area contributed by atoms with Gasteiger partial charge in [-0.3, -0.25) is 4.79 Å². The molecule has 2 aromatic carbocycles. The molecule has 0 radical (unpaired) electrons. The Labute approximate surface area is 163 Å². The van der Waals surface area contributed by atoms with Gasteiger partial charge >= 0.3 is 0 Å². The van der Waals surface area contributed by atoms with Crippen LogP contribution in [0.25, 0.3) is 0 Å². The van der Waals surface area contributed by atoms with Crippen molar-refractivity contribution in [2.24, 2.45) is 4.40 Å². The van der Waals surface area contributed by atoms with E-state index in [1.807, 2.05) is 42.3 Å². The van der Waals surface area contributed by atoms with Crippen molar-refractivity contribution < 1.29 is 13.2 Å². The van der Waals surface area contributed by atoms with Gasteiger partial charge in [-0.2, -0.15) is 8.42 Å². The predicted molar refractivity (Wildman–Crippen MR) is 111 cm³/mol. The van der Waals surface area contributed by atoms with Gasteiger partial charge in [-0.05, 0) is 49.9 Å². The second kappa shape index (κ2) is 7.74. The molecule has 0 aliphatic carbocycles. The number of amides is 1. The average molecular weight is 404 g/mol. The molecule has 8 heteroatoms. The number of thioether (sulfide) groups is 1. The van der Waals surface area contributed by atoms with Crippen LogP contribution in [-0.2, 0) is 10.0 Å². The number of hydrogen-bond donors (Lipinski definition) is 1. The zero-order valence-electron chi connectivity index (χ0n) is 15.4. The van der Waals surface area contributed by atoms with E-state index in [1.54, 1.807) is 19.1 Å². The van der Waals surface area contributed by atoms with Crippen LogP contribution in [0.1, 0.15) is 30.6 Å². The van der Waals surface area contributed by atoms with Crippen LogP contribution in [0.2, 0.25) is 0 Å². The van der Waals surface area contributed by atoms with Crippen molar-refractivity contribution in [3.05, 3.63) is 48.0 Å². The highest BCUT2D eigenvalue weighted by atomic mass is 32.2. The Hall–Kier alpha value is -2.32. The summed E-state index contributed by atoms with van der Waals surface area (Å²) in [6.07, 6.45) is 2.78. The van der Waals surface area contributed by atoms with Crippen LogP contribution in [0.5, 0.6) is 0 Å². The van der Waals surface area contributed by atoms with E-state index in [0.29, 0.717) is 23.8 Å². The quantitative estimate of drug-likeness (QED) is 0.764. The van der Waals surface area contributed by atoms with E-state index in [1.165, 1.54) is 17.8 Å². The van der Waals surface area contributed by atoms with Gasteiger partial charge in [-0.1, -0.05) is 19.1 Å². The first-order chi connectivity index (χ1) is 12.9. The molecule has 142 valence electrons. The summed E-state index contributed by atoms with van der Waals surface area (Å²) in [5.41, 5.74) is 1.53. The molecule has 0 saturated heterocycles. The number of hydrogen-bond acceptors (Lipinski definition) is 5. The molecule has 27 heavy (non-hydrogen) atoms. The first-order valence-electron chi connectivity index (χ1n) is 8.55. The lowest BCUT2D eigenvalue weighted by Gasteiger charge is -2.29. The lowest BCUT2D eigenvalue weighted by Crippen LogP contribution is -2.34. The molecule has 0 fully saturated rings. The van der Waals surface area contributed by atoms with Gasteiger partial charge in [0.2, 0.25) is 0 Å². The number of carbonyl (C=O) groups excluding carboxylic acids is 1. The first kappa shape index (κ1) is 19.4. The Bertz CT molecular complexity index is 1020. The van der Waals surface area contributed by atoms with Crippen molar-refractivity contribution >= 4 is 44.9 Å². The van der Waals surface area contributed by atoms with E-state index in [4.69, 9.17) is 0 Å². The highest BCUT2D eigenvalue weighted by molar-refractivity contribution is 7.98. The molecule has 1 aliphatic heterocycles. The molecule has 1 heterocycles. The van der Waals surface area contributed by atoms with E-state index in [-0.39, 0.29) is 16.4 Å². The summed E-state index contributed by atoms with van der Waals surface area (Å²) in [5.74, 6) is 0.0817. The third kappa shape index (κ3) is 3.86. The summed E-state index contributed by atoms with van der Waals surface area (Å²) in [6, 6.07) is 12.2. The maximum absolute atomic E-state index is 12.7. The third-order valence-corrected chi connectivity index (χ3v) is 6.42. The largest absolute Gasteiger partial charge is 0.328 e. The molecule has 1 N–H and O–H groups in total. The van der Waals surface area contributed by atoms with Gasteiger partial charge in [0.1, 0.15) is 10.7 Å². The number of nitrogens with zero attached hydrogens (tertiary/aromatic N) is 2. The Morgan fingerprint density at radius 3 is 2.67 bits per heavy atom. The molecule has 2 aromatic rings. The van der Waals surface area contributed by atoms with Gasteiger partial charge in [0, 0.05) is 17.0 Å². The van der Waals surface area contributed by atoms with Crippen molar-refractivity contribution in [3.63, 3.8) is 0 Å². The van der Waals surface area contributed by atoms with Crippen molar-refractivity contribution in [2.45, 2.75) is 30.1 Å². The van der Waals surface area contributed by atoms with Crippen molar-refractivity contribution in [3.8, 4) is 0 Å². The minimum atomic E-state index is -3.82. The fourth-order valence-corrected chi connectivity index (χ4v) is 4.80. The molecule has 3 rings (SSSR count). The maximum Gasteiger partial charge on any atom is 0.286 e. The van der Waals surface area contributed by atoms with Crippen LogP contribution >= 0.6 is 11.8 Å². The van der Waals surface area contributed by atoms with Gasteiger partial charge < -0.3 is 10.2 Å². The molecule has 0 atom stereocenters. The Morgan fingerprint density at radius 2 is 1.96 bits per heavy atom. The monoisotopic (exact) mass is 403 g/mol. The predicted octanol–water partition coefficient (Wildman–Crippen LogP) is 4.00. The molecule has 0 saturated carbocycles. The number of carbonyl (C=O) groups is 1. The van der Waals surface area contributed by atoms with Gasteiger partial charge in [-0.15, -0.1) is 16.2 Å². The first-order valence-corrected chi connectivity index (χ1v) is 11.2. The molecular weight excluding hydrogens is 382 g/mol. The van der Waals surface area contributed by atoms with Crippen LogP contribution in [0.3, 0.4) is 0 Å². The standard InChI is InChI=1S/C19H21N3O3S2/c1-4-11-22-13(2)21-27(24,25)18-12-14(9-10-16(18)22)19(23)20-15-7-5-6-8-17(15)26-3/h5-10,12H,4,11H2,1-3H3,(H,20,23). The zero-order valence-corrected chi connectivity index (χ0v) is 17.0. The number of rotatable bonds is 5. The normalized spacial score (nSPS) is 15.1. The molecule has 0 unspecified atom stereocenters. The number of fused-ring (bicyclic) bond motifs is 1. The van der Waals surface area contributed by atoms with Crippen molar-refractivity contribution in [1.29, 1.82) is 0 Å². The molecule has 0 bridgehead atoms. The Balaban J connectivity index is 1.98. The lowest BCUT2D eigenvalue weighted by atomic mass is 10.1. The molecule has 0 spiro atoms. The number of nitrogens with one attached hydrogen (secondary N) is 1. The van der Waals surface area contributed by atoms with Gasteiger partial charge in [0.25, 0.3) is 15.9 Å². The smallest absolute Gasteiger partial charge is 0.286 e. The van der Waals surface area contributed by atoms with Crippen LogP contribution in [0, 0.1) is 0 Å². The Kier molecular flexibility index (Phi) is 5.57. The van der Waals surface area contributed by atoms with E-state index in [0.717, 1.165) is 11.3 Å². The summed E-state index contributed by atoms with van der Waals surface area (Å²) in [5, 5.41) is 2.85. The van der Waals surface area contributed by atoms with E-state index >= 15 is 0 Å². The number of sulfonamides is 1. The molecular formula is C19H21N3O3S2. The molecule has 6 nitrogen and oxygen atoms in total. The van der Waals surface area contributed by atoms with E-state index in [9.17, 15) is 13.2 Å². The highest BCUT2D eigenvalue weighted by Gasteiger charge is 2.29. The number of amidine groups is 1.